The second-order valence-corrected chi connectivity index (χ2v) is 4.34. The van der Waals surface area contributed by atoms with E-state index in [0.717, 1.165) is 23.0 Å². The number of benzene rings is 2. The summed E-state index contributed by atoms with van der Waals surface area (Å²) < 4.78 is 5.42. The van der Waals surface area contributed by atoms with E-state index in [2.05, 4.69) is 43.5 Å². The van der Waals surface area contributed by atoms with Crippen molar-refractivity contribution in [3.63, 3.8) is 0 Å². The Balaban J connectivity index is 1.97. The van der Waals surface area contributed by atoms with Gasteiger partial charge in [0.1, 0.15) is 5.58 Å². The molecule has 0 saturated carbocycles. The van der Waals surface area contributed by atoms with Crippen molar-refractivity contribution in [3.05, 3.63) is 71.5 Å². The monoisotopic (exact) mass is 221 g/mol. The third-order valence-electron chi connectivity index (χ3n) is 3.00. The third kappa shape index (κ3) is 1.96. The van der Waals surface area contributed by atoms with Crippen molar-refractivity contribution in [3.8, 4) is 0 Å². The van der Waals surface area contributed by atoms with Gasteiger partial charge in [-0.1, -0.05) is 48.0 Å². The molecular weight excluding hydrogens is 208 g/mol. The topological polar surface area (TPSA) is 13.1 Å². The number of furan rings is 1. The normalized spacial score (nSPS) is 10.9. The van der Waals surface area contributed by atoms with Crippen molar-refractivity contribution in [2.75, 3.05) is 0 Å². The average molecular weight is 221 g/mol. The second kappa shape index (κ2) is 4.10. The van der Waals surface area contributed by atoms with Crippen LogP contribution in [0, 0.1) is 13.2 Å². The van der Waals surface area contributed by atoms with Crippen LogP contribution in [0.3, 0.4) is 0 Å². The third-order valence-corrected chi connectivity index (χ3v) is 3.00. The van der Waals surface area contributed by atoms with Crippen molar-refractivity contribution in [2.45, 2.75) is 13.3 Å². The Morgan fingerprint density at radius 2 is 1.76 bits per heavy atom. The van der Waals surface area contributed by atoms with Crippen molar-refractivity contribution in [1.82, 2.24) is 0 Å². The van der Waals surface area contributed by atoms with Crippen LogP contribution in [-0.2, 0) is 6.42 Å². The zero-order chi connectivity index (χ0) is 11.7. The molecule has 0 saturated heterocycles. The SMILES string of the molecule is Cc1ccc(Cc2[c]oc3ccccc23)cc1. The first-order chi connectivity index (χ1) is 8.33. The maximum absolute atomic E-state index is 5.42. The van der Waals surface area contributed by atoms with Crippen LogP contribution in [0.1, 0.15) is 16.7 Å². The quantitative estimate of drug-likeness (QED) is 0.634. The summed E-state index contributed by atoms with van der Waals surface area (Å²) in [7, 11) is 0. The van der Waals surface area contributed by atoms with Gasteiger partial charge in [-0.05, 0) is 18.6 Å². The van der Waals surface area contributed by atoms with Gasteiger partial charge in [0.25, 0.3) is 0 Å². The van der Waals surface area contributed by atoms with Gasteiger partial charge >= 0.3 is 0 Å². The average Bonchev–Trinajstić information content (AvgIpc) is 2.76. The summed E-state index contributed by atoms with van der Waals surface area (Å²) in [5.41, 5.74) is 4.62. The fourth-order valence-corrected chi connectivity index (χ4v) is 2.02. The van der Waals surface area contributed by atoms with Gasteiger partial charge in [0.15, 0.2) is 6.26 Å². The Kier molecular flexibility index (Phi) is 2.45. The zero-order valence-electron chi connectivity index (χ0n) is 9.73. The summed E-state index contributed by atoms with van der Waals surface area (Å²) >= 11 is 0. The van der Waals surface area contributed by atoms with Gasteiger partial charge in [-0.25, -0.2) is 0 Å². The summed E-state index contributed by atoms with van der Waals surface area (Å²) in [6, 6.07) is 16.7. The summed E-state index contributed by atoms with van der Waals surface area (Å²) in [4.78, 5) is 0. The van der Waals surface area contributed by atoms with Crippen molar-refractivity contribution in [2.24, 2.45) is 0 Å². The van der Waals surface area contributed by atoms with E-state index in [0.29, 0.717) is 0 Å². The molecular formula is C16H13O. The van der Waals surface area contributed by atoms with E-state index in [1.807, 2.05) is 18.2 Å². The molecule has 0 bridgehead atoms. The Morgan fingerprint density at radius 3 is 2.59 bits per heavy atom. The number of aryl methyl sites for hydroxylation is 1. The Morgan fingerprint density at radius 1 is 1.00 bits per heavy atom. The van der Waals surface area contributed by atoms with E-state index in [4.69, 9.17) is 4.42 Å². The van der Waals surface area contributed by atoms with E-state index >= 15 is 0 Å². The first kappa shape index (κ1) is 10.2. The van der Waals surface area contributed by atoms with E-state index in [1.54, 1.807) is 0 Å². The van der Waals surface area contributed by atoms with Crippen molar-refractivity contribution < 1.29 is 4.42 Å². The largest absolute Gasteiger partial charge is 0.452 e. The van der Waals surface area contributed by atoms with Crippen LogP contribution in [0.25, 0.3) is 11.0 Å². The number of hydrogen-bond donors (Lipinski definition) is 0. The van der Waals surface area contributed by atoms with Crippen molar-refractivity contribution in [1.29, 1.82) is 0 Å². The maximum atomic E-state index is 5.42. The molecule has 1 heterocycles. The number of para-hydroxylation sites is 1. The van der Waals surface area contributed by atoms with Gasteiger partial charge < -0.3 is 4.42 Å². The van der Waals surface area contributed by atoms with Gasteiger partial charge in [-0.15, -0.1) is 0 Å². The van der Waals surface area contributed by atoms with Crippen LogP contribution >= 0.6 is 0 Å². The first-order valence-corrected chi connectivity index (χ1v) is 5.76. The molecule has 0 N–H and O–H groups in total. The number of fused-ring (bicyclic) bond motifs is 1. The zero-order valence-corrected chi connectivity index (χ0v) is 9.73. The lowest BCUT2D eigenvalue weighted by atomic mass is 10.0. The maximum Gasteiger partial charge on any atom is 0.174 e. The van der Waals surface area contributed by atoms with Gasteiger partial charge in [0.2, 0.25) is 0 Å². The highest BCUT2D eigenvalue weighted by Gasteiger charge is 2.06. The minimum Gasteiger partial charge on any atom is -0.452 e. The van der Waals surface area contributed by atoms with Crippen molar-refractivity contribution >= 4 is 11.0 Å². The summed E-state index contributed by atoms with van der Waals surface area (Å²) in [6.07, 6.45) is 3.87. The molecule has 0 unspecified atom stereocenters. The molecule has 0 aliphatic heterocycles. The van der Waals surface area contributed by atoms with E-state index in [9.17, 15) is 0 Å². The lowest BCUT2D eigenvalue weighted by Gasteiger charge is -1.99. The molecule has 3 aromatic rings. The fraction of sp³-hybridized carbons (Fsp3) is 0.125. The molecule has 0 fully saturated rings. The Hall–Kier alpha value is -2.02. The van der Waals surface area contributed by atoms with E-state index in [-0.39, 0.29) is 0 Å². The van der Waals surface area contributed by atoms with Crippen LogP contribution in [0.5, 0.6) is 0 Å². The highest BCUT2D eigenvalue weighted by atomic mass is 16.3. The van der Waals surface area contributed by atoms with Gasteiger partial charge in [-0.3, -0.25) is 0 Å². The molecule has 2 aromatic carbocycles. The summed E-state index contributed by atoms with van der Waals surface area (Å²) in [6.45, 7) is 2.10. The molecule has 1 radical (unpaired) electrons. The summed E-state index contributed by atoms with van der Waals surface area (Å²) in [5, 5.41) is 1.16. The Labute approximate surface area is 101 Å². The predicted molar refractivity (Wildman–Crippen MR) is 69.0 cm³/mol. The number of rotatable bonds is 2. The standard InChI is InChI=1S/C16H13O/c1-12-6-8-13(9-7-12)10-14-11-17-16-5-3-2-4-15(14)16/h2-9H,10H2,1H3. The second-order valence-electron chi connectivity index (χ2n) is 4.34. The molecule has 83 valence electrons. The summed E-state index contributed by atoms with van der Waals surface area (Å²) in [5.74, 6) is 0. The molecule has 1 aromatic heterocycles. The molecule has 0 amide bonds. The van der Waals surface area contributed by atoms with Crippen LogP contribution < -0.4 is 0 Å². The molecule has 0 atom stereocenters. The molecule has 3 rings (SSSR count). The lowest BCUT2D eigenvalue weighted by molar-refractivity contribution is 0.601. The van der Waals surface area contributed by atoms with E-state index in [1.165, 1.54) is 11.1 Å². The smallest absolute Gasteiger partial charge is 0.174 e. The van der Waals surface area contributed by atoms with Crippen LogP contribution in [0.2, 0.25) is 0 Å². The molecule has 17 heavy (non-hydrogen) atoms. The minimum atomic E-state index is 0.872. The van der Waals surface area contributed by atoms with Gasteiger partial charge in [0.05, 0.1) is 0 Å². The Bertz CT molecular complexity index is 632. The molecule has 0 aliphatic rings. The molecule has 0 spiro atoms. The fourth-order valence-electron chi connectivity index (χ4n) is 2.02. The van der Waals surface area contributed by atoms with Crippen LogP contribution in [0.15, 0.2) is 52.9 Å². The highest BCUT2D eigenvalue weighted by molar-refractivity contribution is 5.80. The van der Waals surface area contributed by atoms with E-state index < -0.39 is 0 Å². The lowest BCUT2D eigenvalue weighted by Crippen LogP contribution is -1.86. The van der Waals surface area contributed by atoms with Crippen LogP contribution in [0.4, 0.5) is 0 Å². The van der Waals surface area contributed by atoms with Crippen LogP contribution in [-0.4, -0.2) is 0 Å². The molecule has 1 heteroatoms. The minimum absolute atomic E-state index is 0.872. The highest BCUT2D eigenvalue weighted by Crippen LogP contribution is 2.22. The van der Waals surface area contributed by atoms with Gasteiger partial charge in [-0.2, -0.15) is 0 Å². The first-order valence-electron chi connectivity index (χ1n) is 5.76. The number of hydrogen-bond acceptors (Lipinski definition) is 1. The molecule has 1 nitrogen and oxygen atoms in total. The molecule has 0 aliphatic carbocycles. The van der Waals surface area contributed by atoms with Gasteiger partial charge in [0, 0.05) is 17.4 Å². The predicted octanol–water partition coefficient (Wildman–Crippen LogP) is 4.13.